The van der Waals surface area contributed by atoms with Crippen molar-refractivity contribution in [2.24, 2.45) is 11.3 Å². The normalized spacial score (nSPS) is 21.7. The van der Waals surface area contributed by atoms with Crippen LogP contribution in [0.2, 0.25) is 0 Å². The van der Waals surface area contributed by atoms with Gasteiger partial charge in [-0.25, -0.2) is 15.0 Å². The van der Waals surface area contributed by atoms with Gasteiger partial charge >= 0.3 is 0 Å². The van der Waals surface area contributed by atoms with Gasteiger partial charge in [-0.1, -0.05) is 6.92 Å². The van der Waals surface area contributed by atoms with E-state index >= 15 is 0 Å². The van der Waals surface area contributed by atoms with Crippen molar-refractivity contribution >= 4 is 27.5 Å². The molecule has 132 valence electrons. The molecule has 0 bridgehead atoms. The summed E-state index contributed by atoms with van der Waals surface area (Å²) in [7, 11) is 0. The van der Waals surface area contributed by atoms with Crippen LogP contribution in [0, 0.1) is 32.1 Å². The Morgan fingerprint density at radius 1 is 1.36 bits per heavy atom. The molecule has 1 amide bonds. The maximum Gasteiger partial charge on any atom is 0.228 e. The Hall–Kier alpha value is -2.02. The third-order valence-corrected chi connectivity index (χ3v) is 5.39. The largest absolute Gasteiger partial charge is 0.489 e. The van der Waals surface area contributed by atoms with Crippen molar-refractivity contribution in [3.8, 4) is 5.75 Å². The lowest BCUT2D eigenvalue weighted by Gasteiger charge is -2.14. The molecule has 2 aromatic rings. The highest BCUT2D eigenvalue weighted by Crippen LogP contribution is 2.52. The van der Waals surface area contributed by atoms with Gasteiger partial charge in [-0.05, 0) is 54.8 Å². The highest BCUT2D eigenvalue weighted by molar-refractivity contribution is 9.10. The third-order valence-electron chi connectivity index (χ3n) is 4.56. The first-order valence-electron chi connectivity index (χ1n) is 8.14. The summed E-state index contributed by atoms with van der Waals surface area (Å²) in [5.74, 6) is 1.33. The average molecular weight is 405 g/mol. The van der Waals surface area contributed by atoms with Crippen LogP contribution in [-0.4, -0.2) is 27.5 Å². The van der Waals surface area contributed by atoms with E-state index in [0.29, 0.717) is 18.0 Å². The van der Waals surface area contributed by atoms with Gasteiger partial charge in [0.1, 0.15) is 10.4 Å². The van der Waals surface area contributed by atoms with Crippen molar-refractivity contribution in [2.45, 2.75) is 34.1 Å². The monoisotopic (exact) mass is 404 g/mol. The molecule has 1 saturated carbocycles. The summed E-state index contributed by atoms with van der Waals surface area (Å²) in [6.07, 6.45) is 4.14. The van der Waals surface area contributed by atoms with Gasteiger partial charge < -0.3 is 10.1 Å². The summed E-state index contributed by atoms with van der Waals surface area (Å²) >= 11 is 3.36. The molecule has 0 radical (unpaired) electrons. The molecule has 0 saturated heterocycles. The van der Waals surface area contributed by atoms with Crippen LogP contribution in [0.15, 0.2) is 23.1 Å². The molecule has 0 aromatic carbocycles. The van der Waals surface area contributed by atoms with Crippen LogP contribution in [0.1, 0.15) is 30.4 Å². The molecule has 6 nitrogen and oxygen atoms in total. The SMILES string of the molecule is Cc1ncc(OC[C@@]2(C)C[C@H]2C(=O)Nc2cnc(Br)c(C)c2)c(C)n1. The molecule has 1 aliphatic carbocycles. The van der Waals surface area contributed by atoms with Gasteiger partial charge in [-0.3, -0.25) is 4.79 Å². The van der Waals surface area contributed by atoms with Crippen LogP contribution in [-0.2, 0) is 4.79 Å². The van der Waals surface area contributed by atoms with Crippen molar-refractivity contribution in [1.82, 2.24) is 15.0 Å². The zero-order chi connectivity index (χ0) is 18.2. The number of rotatable bonds is 5. The summed E-state index contributed by atoms with van der Waals surface area (Å²) in [5.41, 5.74) is 2.34. The van der Waals surface area contributed by atoms with E-state index < -0.39 is 0 Å². The van der Waals surface area contributed by atoms with Gasteiger partial charge in [-0.2, -0.15) is 0 Å². The van der Waals surface area contributed by atoms with Crippen molar-refractivity contribution in [2.75, 3.05) is 11.9 Å². The number of hydrogen-bond acceptors (Lipinski definition) is 5. The Labute approximate surface area is 155 Å². The minimum Gasteiger partial charge on any atom is -0.489 e. The van der Waals surface area contributed by atoms with E-state index in [-0.39, 0.29) is 17.2 Å². The second-order valence-corrected chi connectivity index (χ2v) is 7.64. The fourth-order valence-electron chi connectivity index (χ4n) is 2.79. The number of ether oxygens (including phenoxy) is 1. The highest BCUT2D eigenvalue weighted by atomic mass is 79.9. The molecular formula is C18H21BrN4O2. The maximum absolute atomic E-state index is 12.5. The standard InChI is InChI=1S/C18H21BrN4O2/c1-10-5-13(7-21-16(10)19)23-17(24)14-6-18(14,4)9-25-15-8-20-12(3)22-11(15)2/h5,7-8,14H,6,9H2,1-4H3,(H,23,24)/t14-,18+/m0/s1. The summed E-state index contributed by atoms with van der Waals surface area (Å²) in [6.45, 7) is 8.21. The first-order valence-corrected chi connectivity index (χ1v) is 8.94. The van der Waals surface area contributed by atoms with Gasteiger partial charge in [0.05, 0.1) is 30.4 Å². The fourth-order valence-corrected chi connectivity index (χ4v) is 3.01. The van der Waals surface area contributed by atoms with E-state index in [0.717, 1.165) is 28.1 Å². The Morgan fingerprint density at radius 3 is 2.80 bits per heavy atom. The van der Waals surface area contributed by atoms with E-state index in [1.54, 1.807) is 12.4 Å². The molecule has 3 rings (SSSR count). The second-order valence-electron chi connectivity index (χ2n) is 6.89. The molecule has 25 heavy (non-hydrogen) atoms. The minimum absolute atomic E-state index is 0.00602. The van der Waals surface area contributed by atoms with E-state index in [2.05, 4.69) is 43.1 Å². The first-order chi connectivity index (χ1) is 11.8. The molecule has 1 fully saturated rings. The lowest BCUT2D eigenvalue weighted by Crippen LogP contribution is -2.21. The number of nitrogens with zero attached hydrogens (tertiary/aromatic N) is 3. The van der Waals surface area contributed by atoms with Gasteiger partial charge in [0, 0.05) is 11.3 Å². The Balaban J connectivity index is 1.58. The lowest BCUT2D eigenvalue weighted by atomic mass is 10.1. The first kappa shape index (κ1) is 17.8. The topological polar surface area (TPSA) is 77.0 Å². The molecule has 2 heterocycles. The van der Waals surface area contributed by atoms with Gasteiger partial charge in [0.15, 0.2) is 5.75 Å². The summed E-state index contributed by atoms with van der Waals surface area (Å²) in [6, 6.07) is 1.90. The fraction of sp³-hybridized carbons (Fsp3) is 0.444. The lowest BCUT2D eigenvalue weighted by molar-refractivity contribution is -0.118. The van der Waals surface area contributed by atoms with Crippen molar-refractivity contribution < 1.29 is 9.53 Å². The molecular weight excluding hydrogens is 384 g/mol. The number of halogens is 1. The number of aryl methyl sites for hydroxylation is 3. The molecule has 0 aliphatic heterocycles. The van der Waals surface area contributed by atoms with Crippen LogP contribution < -0.4 is 10.1 Å². The van der Waals surface area contributed by atoms with Crippen molar-refractivity contribution in [3.63, 3.8) is 0 Å². The van der Waals surface area contributed by atoms with Gasteiger partial charge in [0.25, 0.3) is 0 Å². The maximum atomic E-state index is 12.5. The summed E-state index contributed by atoms with van der Waals surface area (Å²) in [4.78, 5) is 25.1. The van der Waals surface area contributed by atoms with Gasteiger partial charge in [0.2, 0.25) is 5.91 Å². The number of aromatic nitrogens is 3. The molecule has 7 heteroatoms. The van der Waals surface area contributed by atoms with Crippen molar-refractivity contribution in [1.29, 1.82) is 0 Å². The number of amides is 1. The van der Waals surface area contributed by atoms with E-state index in [1.807, 2.05) is 26.8 Å². The molecule has 1 N–H and O–H groups in total. The molecule has 1 aliphatic rings. The third kappa shape index (κ3) is 3.98. The molecule has 2 aromatic heterocycles. The van der Waals surface area contributed by atoms with E-state index in [9.17, 15) is 4.79 Å². The minimum atomic E-state index is -0.167. The number of carbonyl (C=O) groups excluding carboxylic acids is 1. The molecule has 0 unspecified atom stereocenters. The summed E-state index contributed by atoms with van der Waals surface area (Å²) < 4.78 is 6.64. The predicted octanol–water partition coefficient (Wildman–Crippen LogP) is 3.60. The van der Waals surface area contributed by atoms with E-state index in [1.165, 1.54) is 0 Å². The quantitative estimate of drug-likeness (QED) is 0.770. The summed E-state index contributed by atoms with van der Waals surface area (Å²) in [5, 5.41) is 2.94. The number of carbonyl (C=O) groups is 1. The number of anilines is 1. The van der Waals surface area contributed by atoms with Crippen LogP contribution in [0.3, 0.4) is 0 Å². The van der Waals surface area contributed by atoms with Crippen LogP contribution in [0.4, 0.5) is 5.69 Å². The molecule has 0 spiro atoms. The van der Waals surface area contributed by atoms with Crippen LogP contribution in [0.25, 0.3) is 0 Å². The Morgan fingerprint density at radius 2 is 2.12 bits per heavy atom. The second kappa shape index (κ2) is 6.71. The Kier molecular flexibility index (Phi) is 4.77. The zero-order valence-corrected chi connectivity index (χ0v) is 16.3. The smallest absolute Gasteiger partial charge is 0.228 e. The number of nitrogens with one attached hydrogen (secondary N) is 1. The average Bonchev–Trinajstić information content (AvgIpc) is 3.22. The van der Waals surface area contributed by atoms with Gasteiger partial charge in [-0.15, -0.1) is 0 Å². The van der Waals surface area contributed by atoms with Crippen LogP contribution >= 0.6 is 15.9 Å². The Bertz CT molecular complexity index is 827. The van der Waals surface area contributed by atoms with Crippen molar-refractivity contribution in [3.05, 3.63) is 40.1 Å². The zero-order valence-electron chi connectivity index (χ0n) is 14.8. The van der Waals surface area contributed by atoms with Crippen LogP contribution in [0.5, 0.6) is 5.75 Å². The number of hydrogen-bond donors (Lipinski definition) is 1. The predicted molar refractivity (Wildman–Crippen MR) is 98.5 cm³/mol. The molecule has 2 atom stereocenters. The highest BCUT2D eigenvalue weighted by Gasteiger charge is 2.55. The number of pyridine rings is 1. The van der Waals surface area contributed by atoms with E-state index in [4.69, 9.17) is 4.74 Å².